The molecular weight excluding hydrogens is 542 g/mol. The Hall–Kier alpha value is -3.70. The van der Waals surface area contributed by atoms with Gasteiger partial charge in [-0.05, 0) is 118 Å². The van der Waals surface area contributed by atoms with Gasteiger partial charge in [0.25, 0.3) is 0 Å². The van der Waals surface area contributed by atoms with Gasteiger partial charge in [-0.15, -0.1) is 0 Å². The largest absolute Gasteiger partial charge is 0.497 e. The van der Waals surface area contributed by atoms with Crippen molar-refractivity contribution >= 4 is 11.9 Å². The van der Waals surface area contributed by atoms with E-state index in [9.17, 15) is 4.79 Å². The highest BCUT2D eigenvalue weighted by atomic mass is 16.5. The number of carbonyl (C=O) groups is 1. The molecule has 242 valence electrons. The minimum absolute atomic E-state index is 0.0476. The molecule has 0 aliphatic carbocycles. The highest BCUT2D eigenvalue weighted by Gasteiger charge is 2.15. The maximum atomic E-state index is 11.5. The third-order valence-corrected chi connectivity index (χ3v) is 7.40. The Morgan fingerprint density at radius 2 is 1.70 bits per heavy atom. The van der Waals surface area contributed by atoms with E-state index in [-0.39, 0.29) is 5.78 Å². The number of pyridine rings is 1. The van der Waals surface area contributed by atoms with Gasteiger partial charge in [0.05, 0.1) is 7.11 Å². The molecule has 2 aromatic rings. The Balaban J connectivity index is 0.000000834. The molecule has 0 amide bonds. The smallest absolute Gasteiger partial charge is 0.159 e. The molecule has 0 fully saturated rings. The van der Waals surface area contributed by atoms with Crippen molar-refractivity contribution in [2.24, 2.45) is 5.73 Å². The van der Waals surface area contributed by atoms with Crippen LogP contribution in [0.5, 0.6) is 5.75 Å². The van der Waals surface area contributed by atoms with Gasteiger partial charge in [-0.2, -0.15) is 0 Å². The van der Waals surface area contributed by atoms with Crippen LogP contribution in [-0.2, 0) is 11.2 Å². The fraction of sp³-hybridized carbons (Fsp3) is 0.436. The number of Topliss-reactive ketones (excluding diaryl/α,β-unsaturated/α-hetero) is 1. The molecular formula is C39H59N3O2. The third-order valence-electron chi connectivity index (χ3n) is 7.40. The lowest BCUT2D eigenvalue weighted by molar-refractivity contribution is -0.113. The van der Waals surface area contributed by atoms with E-state index in [0.29, 0.717) is 11.6 Å². The molecule has 1 unspecified atom stereocenters. The second-order valence-electron chi connectivity index (χ2n) is 10.6. The predicted octanol–water partition coefficient (Wildman–Crippen LogP) is 10.1. The lowest BCUT2D eigenvalue weighted by Crippen LogP contribution is -2.18. The van der Waals surface area contributed by atoms with Gasteiger partial charge >= 0.3 is 0 Å². The van der Waals surface area contributed by atoms with E-state index in [1.807, 2.05) is 73.8 Å². The number of carbonyl (C=O) groups excluding carboxylic acids is 1. The van der Waals surface area contributed by atoms with Crippen LogP contribution in [0.1, 0.15) is 105 Å². The van der Waals surface area contributed by atoms with Gasteiger partial charge in [-0.3, -0.25) is 9.78 Å². The highest BCUT2D eigenvalue weighted by Crippen LogP contribution is 2.27. The van der Waals surface area contributed by atoms with Crippen molar-refractivity contribution in [3.05, 3.63) is 112 Å². The Bertz CT molecular complexity index is 1270. The van der Waals surface area contributed by atoms with Crippen molar-refractivity contribution in [2.75, 3.05) is 7.11 Å². The number of ether oxygens (including phenoxy) is 1. The molecule has 1 aromatic carbocycles. The van der Waals surface area contributed by atoms with Gasteiger partial charge in [-0.25, -0.2) is 0 Å². The summed E-state index contributed by atoms with van der Waals surface area (Å²) in [5, 5.41) is 0. The van der Waals surface area contributed by atoms with Gasteiger partial charge in [0.2, 0.25) is 0 Å². The molecule has 0 saturated carbocycles. The first kappa shape index (κ1) is 40.3. The number of hydrogen-bond acceptors (Lipinski definition) is 5. The Morgan fingerprint density at radius 3 is 2.16 bits per heavy atom. The summed E-state index contributed by atoms with van der Waals surface area (Å²) in [6.07, 6.45) is 17.4. The third kappa shape index (κ3) is 14.7. The average Bonchev–Trinajstić information content (AvgIpc) is 3.05. The van der Waals surface area contributed by atoms with E-state index in [2.05, 4.69) is 72.2 Å². The number of allylic oxidation sites excluding steroid dienone is 6. The normalized spacial score (nSPS) is 13.5. The van der Waals surface area contributed by atoms with Gasteiger partial charge in [0, 0.05) is 41.6 Å². The fourth-order valence-corrected chi connectivity index (χ4v) is 4.13. The number of nitrogens with zero attached hydrogens (tertiary/aromatic N) is 2. The van der Waals surface area contributed by atoms with Gasteiger partial charge in [0.1, 0.15) is 5.75 Å². The summed E-state index contributed by atoms with van der Waals surface area (Å²) in [5.41, 5.74) is 14.3. The van der Waals surface area contributed by atoms with Crippen molar-refractivity contribution in [3.63, 3.8) is 0 Å². The quantitative estimate of drug-likeness (QED) is 0.274. The number of unbranched alkanes of at least 4 members (excludes halogenated alkanes) is 1. The lowest BCUT2D eigenvalue weighted by atomic mass is 10.00. The van der Waals surface area contributed by atoms with E-state index in [1.54, 1.807) is 14.0 Å². The van der Waals surface area contributed by atoms with E-state index in [1.165, 1.54) is 47.1 Å². The number of aromatic nitrogens is 1. The minimum Gasteiger partial charge on any atom is -0.497 e. The summed E-state index contributed by atoms with van der Waals surface area (Å²) in [5.74, 6) is 0.912. The number of nitrogens with two attached hydrogens (primary N) is 1. The van der Waals surface area contributed by atoms with Crippen molar-refractivity contribution in [3.8, 4) is 5.75 Å². The van der Waals surface area contributed by atoms with Crippen LogP contribution >= 0.6 is 0 Å². The summed E-state index contributed by atoms with van der Waals surface area (Å²) in [6.45, 7) is 24.5. The molecule has 0 saturated heterocycles. The van der Waals surface area contributed by atoms with E-state index >= 15 is 0 Å². The predicted molar refractivity (Wildman–Crippen MR) is 191 cm³/mol. The number of rotatable bonds is 10. The van der Waals surface area contributed by atoms with Crippen LogP contribution in [0.2, 0.25) is 0 Å². The number of methoxy groups -OCH3 is 1. The highest BCUT2D eigenvalue weighted by molar-refractivity contribution is 5.96. The molecule has 2 N–H and O–H groups in total. The van der Waals surface area contributed by atoms with Crippen LogP contribution in [0.3, 0.4) is 0 Å². The van der Waals surface area contributed by atoms with E-state index < -0.39 is 0 Å². The van der Waals surface area contributed by atoms with Crippen molar-refractivity contribution in [1.29, 1.82) is 0 Å². The Labute approximate surface area is 269 Å². The van der Waals surface area contributed by atoms with Crippen LogP contribution in [0.4, 0.5) is 0 Å². The second kappa shape index (κ2) is 22.8. The van der Waals surface area contributed by atoms with E-state index in [0.717, 1.165) is 30.0 Å². The van der Waals surface area contributed by atoms with Gasteiger partial charge < -0.3 is 15.4 Å². The molecule has 0 radical (unpaired) electrons. The number of hydrogen-bond donors (Lipinski definition) is 1. The zero-order valence-electron chi connectivity index (χ0n) is 29.5. The van der Waals surface area contributed by atoms with Crippen LogP contribution in [0.15, 0.2) is 95.8 Å². The first-order chi connectivity index (χ1) is 21.0. The molecule has 1 aliphatic rings. The maximum absolute atomic E-state index is 11.5. The summed E-state index contributed by atoms with van der Waals surface area (Å²) >= 11 is 0. The minimum atomic E-state index is 0.0476. The van der Waals surface area contributed by atoms with Crippen LogP contribution in [0.25, 0.3) is 6.08 Å². The summed E-state index contributed by atoms with van der Waals surface area (Å²) in [6, 6.07) is 10.6. The monoisotopic (exact) mass is 601 g/mol. The zero-order chi connectivity index (χ0) is 33.7. The van der Waals surface area contributed by atoms with E-state index in [4.69, 9.17) is 10.5 Å². The molecule has 2 heterocycles. The second-order valence-corrected chi connectivity index (χ2v) is 10.6. The van der Waals surface area contributed by atoms with Crippen LogP contribution < -0.4 is 10.5 Å². The SMILES string of the molecule is C=C1C=C(C(C)=O)C=CN1/C(C)=C(C)/C(C)=C/c1ccc(OC)cc1C.CC.CCCCC(N)CC.CCc1ccncc1. The first-order valence-corrected chi connectivity index (χ1v) is 16.0. The van der Waals surface area contributed by atoms with Crippen molar-refractivity contribution in [2.45, 2.75) is 107 Å². The maximum Gasteiger partial charge on any atom is 0.159 e. The molecule has 1 aliphatic heterocycles. The topological polar surface area (TPSA) is 68.5 Å². The molecule has 0 spiro atoms. The first-order valence-electron chi connectivity index (χ1n) is 16.0. The molecule has 1 atom stereocenters. The molecule has 44 heavy (non-hydrogen) atoms. The molecule has 0 bridgehead atoms. The van der Waals surface area contributed by atoms with Gasteiger partial charge in [-0.1, -0.05) is 66.2 Å². The summed E-state index contributed by atoms with van der Waals surface area (Å²) in [7, 11) is 1.68. The number of benzene rings is 1. The van der Waals surface area contributed by atoms with Crippen LogP contribution in [0, 0.1) is 6.92 Å². The standard InChI is InChI=1S/C23H27NO2.C7H9N.C7H17N.C2H6/c1-15(12-21-8-9-23(26-7)13-16(21)2)18(4)19(5)24-11-10-22(20(6)25)14-17(24)3;1-2-7-3-5-8-6-4-7;1-3-5-6-7(8)4-2;1-2/h8-14H,3H2,1-2,4-7H3;3-6H,2H2,1H3;7H,3-6,8H2,1-2H3;1-2H3/b15-12+,19-18+;;;. The number of ketones is 1. The van der Waals surface area contributed by atoms with Crippen molar-refractivity contribution < 1.29 is 9.53 Å². The van der Waals surface area contributed by atoms with Crippen molar-refractivity contribution in [1.82, 2.24) is 9.88 Å². The molecule has 1 aromatic heterocycles. The molecule has 3 rings (SSSR count). The summed E-state index contributed by atoms with van der Waals surface area (Å²) in [4.78, 5) is 17.4. The number of aryl methyl sites for hydroxylation is 2. The Kier molecular flexibility index (Phi) is 20.9. The molecule has 5 heteroatoms. The lowest BCUT2D eigenvalue weighted by Gasteiger charge is -2.27. The molecule has 5 nitrogen and oxygen atoms in total. The van der Waals surface area contributed by atoms with Crippen LogP contribution in [-0.4, -0.2) is 28.8 Å². The zero-order valence-corrected chi connectivity index (χ0v) is 29.5. The summed E-state index contributed by atoms with van der Waals surface area (Å²) < 4.78 is 5.27. The average molecular weight is 602 g/mol. The Morgan fingerprint density at radius 1 is 1.07 bits per heavy atom. The van der Waals surface area contributed by atoms with Gasteiger partial charge in [0.15, 0.2) is 5.78 Å². The fourth-order valence-electron chi connectivity index (χ4n) is 4.13.